The number of carbonyl (C=O) groups excluding carboxylic acids is 1. The van der Waals surface area contributed by atoms with E-state index >= 15 is 0 Å². The number of nitrogens with zero attached hydrogens (tertiary/aromatic N) is 1. The molecule has 0 spiro atoms. The number of rotatable bonds is 4. The van der Waals surface area contributed by atoms with E-state index in [1.807, 2.05) is 18.1 Å². The lowest BCUT2D eigenvalue weighted by atomic mass is 9.76. The molecule has 0 unspecified atom stereocenters. The summed E-state index contributed by atoms with van der Waals surface area (Å²) in [6.07, 6.45) is 1.43. The van der Waals surface area contributed by atoms with Crippen molar-refractivity contribution >= 4 is 23.0 Å². The number of aliphatic hydroxyl groups is 1. The minimum atomic E-state index is -0.449. The molecule has 1 fully saturated rings. The molecule has 2 rings (SSSR count). The Hall–Kier alpha value is -1.36. The molecule has 1 heterocycles. The highest BCUT2D eigenvalue weighted by Gasteiger charge is 2.37. The van der Waals surface area contributed by atoms with Crippen LogP contribution in [0.25, 0.3) is 5.57 Å². The van der Waals surface area contributed by atoms with Crippen molar-refractivity contribution < 1.29 is 14.7 Å². The van der Waals surface area contributed by atoms with Gasteiger partial charge in [0.05, 0.1) is 12.7 Å². The number of aliphatic hydroxyl groups excluding tert-OH is 1. The fourth-order valence-electron chi connectivity index (χ4n) is 2.85. The molecule has 22 heavy (non-hydrogen) atoms. The third-order valence-electron chi connectivity index (χ3n) is 4.39. The summed E-state index contributed by atoms with van der Waals surface area (Å²) in [6, 6.07) is 7.11. The Balaban J connectivity index is 2.44. The van der Waals surface area contributed by atoms with Crippen molar-refractivity contribution in [3.63, 3.8) is 0 Å². The first kappa shape index (κ1) is 17.0. The SMILES string of the molecule is CON1CCC(C)(/C(O)=C(\C(C)=O)c2ccccc2Cl)CC1. The molecule has 1 aliphatic rings. The summed E-state index contributed by atoms with van der Waals surface area (Å²) in [4.78, 5) is 17.4. The van der Waals surface area contributed by atoms with Crippen LogP contribution in [0.2, 0.25) is 5.02 Å². The van der Waals surface area contributed by atoms with Crippen LogP contribution in [0, 0.1) is 5.41 Å². The summed E-state index contributed by atoms with van der Waals surface area (Å²) in [5, 5.41) is 13.2. The van der Waals surface area contributed by atoms with E-state index in [1.165, 1.54) is 6.92 Å². The predicted octanol–water partition coefficient (Wildman–Crippen LogP) is 3.86. The second kappa shape index (κ2) is 6.82. The third kappa shape index (κ3) is 3.35. The fourth-order valence-corrected chi connectivity index (χ4v) is 3.08. The van der Waals surface area contributed by atoms with Gasteiger partial charge in [0.1, 0.15) is 5.76 Å². The van der Waals surface area contributed by atoms with Gasteiger partial charge in [-0.15, -0.1) is 0 Å². The van der Waals surface area contributed by atoms with Gasteiger partial charge in [0.15, 0.2) is 5.78 Å². The minimum Gasteiger partial charge on any atom is -0.511 e. The number of ketones is 1. The lowest BCUT2D eigenvalue weighted by Gasteiger charge is -2.38. The monoisotopic (exact) mass is 323 g/mol. The van der Waals surface area contributed by atoms with Crippen molar-refractivity contribution in [1.82, 2.24) is 5.06 Å². The standard InChI is InChI=1S/C17H22ClNO3/c1-12(20)15(13-6-4-5-7-14(13)18)16(21)17(2)8-10-19(22-3)11-9-17/h4-7,21H,8-11H2,1-3H3/b16-15-. The predicted molar refractivity (Wildman–Crippen MR) is 87.6 cm³/mol. The van der Waals surface area contributed by atoms with Crippen molar-refractivity contribution in [3.8, 4) is 0 Å². The van der Waals surface area contributed by atoms with Crippen LogP contribution >= 0.6 is 11.6 Å². The number of benzene rings is 1. The maximum absolute atomic E-state index is 12.1. The highest BCUT2D eigenvalue weighted by Crippen LogP contribution is 2.41. The fraction of sp³-hybridized carbons (Fsp3) is 0.471. The van der Waals surface area contributed by atoms with Crippen LogP contribution in [0.1, 0.15) is 32.3 Å². The van der Waals surface area contributed by atoms with Gasteiger partial charge in [-0.2, -0.15) is 5.06 Å². The first-order chi connectivity index (χ1) is 10.4. The molecular formula is C17H22ClNO3. The Labute approximate surface area is 136 Å². The van der Waals surface area contributed by atoms with Crippen molar-refractivity contribution in [1.29, 1.82) is 0 Å². The van der Waals surface area contributed by atoms with Gasteiger partial charge >= 0.3 is 0 Å². The molecule has 1 N–H and O–H groups in total. The zero-order chi connectivity index (χ0) is 16.3. The summed E-state index contributed by atoms with van der Waals surface area (Å²) >= 11 is 6.21. The van der Waals surface area contributed by atoms with Gasteiger partial charge in [-0.05, 0) is 25.8 Å². The van der Waals surface area contributed by atoms with Crippen molar-refractivity contribution in [2.24, 2.45) is 5.41 Å². The number of hydrogen-bond donors (Lipinski definition) is 1. The topological polar surface area (TPSA) is 49.8 Å². The zero-order valence-corrected chi connectivity index (χ0v) is 14.0. The molecule has 0 amide bonds. The van der Waals surface area contributed by atoms with Crippen LogP contribution in [-0.4, -0.2) is 36.2 Å². The maximum atomic E-state index is 12.1. The van der Waals surface area contributed by atoms with E-state index in [-0.39, 0.29) is 11.5 Å². The average molecular weight is 324 g/mol. The second-order valence-electron chi connectivity index (χ2n) is 5.93. The van der Waals surface area contributed by atoms with Gasteiger partial charge < -0.3 is 9.94 Å². The second-order valence-corrected chi connectivity index (χ2v) is 6.34. The Kier molecular flexibility index (Phi) is 5.27. The number of halogens is 1. The summed E-state index contributed by atoms with van der Waals surface area (Å²) in [7, 11) is 1.64. The maximum Gasteiger partial charge on any atom is 0.163 e. The van der Waals surface area contributed by atoms with Crippen LogP contribution in [-0.2, 0) is 9.63 Å². The van der Waals surface area contributed by atoms with Gasteiger partial charge in [0.25, 0.3) is 0 Å². The molecular weight excluding hydrogens is 302 g/mol. The average Bonchev–Trinajstić information content (AvgIpc) is 2.50. The van der Waals surface area contributed by atoms with E-state index in [2.05, 4.69) is 0 Å². The number of Topliss-reactive ketones (excluding diaryl/α,β-unsaturated/α-hetero) is 1. The smallest absolute Gasteiger partial charge is 0.163 e. The van der Waals surface area contributed by atoms with E-state index in [0.29, 0.717) is 42.1 Å². The zero-order valence-electron chi connectivity index (χ0n) is 13.2. The number of allylic oxidation sites excluding steroid dienone is 2. The van der Waals surface area contributed by atoms with Crippen molar-refractivity contribution in [2.45, 2.75) is 26.7 Å². The van der Waals surface area contributed by atoms with Crippen LogP contribution in [0.3, 0.4) is 0 Å². The molecule has 1 aromatic carbocycles. The Bertz CT molecular complexity index is 589. The summed E-state index contributed by atoms with van der Waals surface area (Å²) in [6.45, 7) is 4.87. The molecule has 1 aliphatic heterocycles. The van der Waals surface area contributed by atoms with Gasteiger partial charge in [-0.25, -0.2) is 0 Å². The highest BCUT2D eigenvalue weighted by molar-refractivity contribution is 6.35. The van der Waals surface area contributed by atoms with Crippen molar-refractivity contribution in [2.75, 3.05) is 20.2 Å². The molecule has 1 saturated heterocycles. The van der Waals surface area contributed by atoms with Crippen molar-refractivity contribution in [3.05, 3.63) is 40.6 Å². The van der Waals surface area contributed by atoms with E-state index in [1.54, 1.807) is 25.3 Å². The van der Waals surface area contributed by atoms with Gasteiger partial charge in [-0.3, -0.25) is 4.79 Å². The van der Waals surface area contributed by atoms with Gasteiger partial charge in [-0.1, -0.05) is 36.7 Å². The largest absolute Gasteiger partial charge is 0.511 e. The van der Waals surface area contributed by atoms with Crippen LogP contribution in [0.15, 0.2) is 30.0 Å². The molecule has 1 aromatic rings. The molecule has 0 atom stereocenters. The number of hydroxylamine groups is 2. The summed E-state index contributed by atoms with van der Waals surface area (Å²) in [5.74, 6) is -0.0511. The molecule has 0 saturated carbocycles. The molecule has 0 radical (unpaired) electrons. The third-order valence-corrected chi connectivity index (χ3v) is 4.72. The number of carbonyl (C=O) groups is 1. The minimum absolute atomic E-state index is 0.129. The molecule has 4 nitrogen and oxygen atoms in total. The van der Waals surface area contributed by atoms with E-state index in [9.17, 15) is 9.90 Å². The molecule has 120 valence electrons. The summed E-state index contributed by atoms with van der Waals surface area (Å²) in [5.41, 5.74) is 0.457. The van der Waals surface area contributed by atoms with Gasteiger partial charge in [0.2, 0.25) is 0 Å². The molecule has 0 aromatic heterocycles. The number of hydrogen-bond acceptors (Lipinski definition) is 4. The lowest BCUT2D eigenvalue weighted by molar-refractivity contribution is -0.156. The van der Waals surface area contributed by atoms with Crippen LogP contribution in [0.4, 0.5) is 0 Å². The van der Waals surface area contributed by atoms with Gasteiger partial charge in [0, 0.05) is 29.1 Å². The molecule has 0 aliphatic carbocycles. The van der Waals surface area contributed by atoms with E-state index < -0.39 is 5.41 Å². The highest BCUT2D eigenvalue weighted by atomic mass is 35.5. The first-order valence-electron chi connectivity index (χ1n) is 7.37. The lowest BCUT2D eigenvalue weighted by Crippen LogP contribution is -2.39. The summed E-state index contributed by atoms with van der Waals surface area (Å²) < 4.78 is 0. The molecule has 5 heteroatoms. The quantitative estimate of drug-likeness (QED) is 0.675. The number of piperidine rings is 1. The molecule has 0 bridgehead atoms. The van der Waals surface area contributed by atoms with Crippen LogP contribution in [0.5, 0.6) is 0 Å². The Morgan fingerprint density at radius 1 is 1.32 bits per heavy atom. The van der Waals surface area contributed by atoms with E-state index in [4.69, 9.17) is 16.4 Å². The normalized spacial score (nSPS) is 19.6. The Morgan fingerprint density at radius 3 is 2.41 bits per heavy atom. The van der Waals surface area contributed by atoms with Crippen LogP contribution < -0.4 is 0 Å². The Morgan fingerprint density at radius 2 is 1.91 bits per heavy atom. The van der Waals surface area contributed by atoms with E-state index in [0.717, 1.165) is 0 Å². The first-order valence-corrected chi connectivity index (χ1v) is 7.75.